The molecule has 1 aromatic carbocycles. The van der Waals surface area contributed by atoms with Crippen LogP contribution >= 0.6 is 23.1 Å². The summed E-state index contributed by atoms with van der Waals surface area (Å²) >= 11 is 2.19. The van der Waals surface area contributed by atoms with Crippen molar-refractivity contribution < 1.29 is 38.7 Å². The van der Waals surface area contributed by atoms with Crippen LogP contribution in [0.25, 0.3) is 0 Å². The number of nitrogens with one attached hydrogen (secondary N) is 1. The lowest BCUT2D eigenvalue weighted by atomic mass is 10.1. The molecule has 2 amide bonds. The number of anilines is 1. The third-order valence-electron chi connectivity index (χ3n) is 5.01. The molecule has 3 atom stereocenters. The van der Waals surface area contributed by atoms with E-state index in [1.54, 1.807) is 30.3 Å². The van der Waals surface area contributed by atoms with Gasteiger partial charge in [-0.3, -0.25) is 19.2 Å². The smallest absolute Gasteiger partial charge is 0.372 e. The molecule has 184 valence electrons. The number of oxime groups is 1. The Hall–Kier alpha value is -3.69. The van der Waals surface area contributed by atoms with Crippen LogP contribution in [0.2, 0.25) is 0 Å². The molecule has 0 bridgehead atoms. The maximum atomic E-state index is 13.1. The number of carbonyl (C=O) groups excluding carboxylic acids is 3. The Bertz CT molecular complexity index is 1190. The molecule has 0 spiro atoms. The van der Waals surface area contributed by atoms with Crippen LogP contribution < -0.4 is 11.1 Å². The summed E-state index contributed by atoms with van der Waals surface area (Å²) in [6.45, 7) is -0.396. The van der Waals surface area contributed by atoms with Gasteiger partial charge in [0.25, 0.3) is 11.8 Å². The zero-order valence-electron chi connectivity index (χ0n) is 18.1. The van der Waals surface area contributed by atoms with E-state index in [4.69, 9.17) is 15.3 Å². The molecule has 3 heterocycles. The third-order valence-corrected chi connectivity index (χ3v) is 6.88. The molecule has 4 rings (SSSR count). The van der Waals surface area contributed by atoms with Gasteiger partial charge in [-0.2, -0.15) is 5.06 Å². The van der Waals surface area contributed by atoms with E-state index < -0.39 is 47.4 Å². The number of ether oxygens (including phenoxy) is 1. The fraction of sp³-hybridized carbons (Fsp3) is 0.300. The second kappa shape index (κ2) is 9.89. The first-order valence-corrected chi connectivity index (χ1v) is 11.8. The van der Waals surface area contributed by atoms with Crippen molar-refractivity contribution in [3.63, 3.8) is 0 Å². The number of thioether (sulfide) groups is 1. The van der Waals surface area contributed by atoms with Gasteiger partial charge in [0.15, 0.2) is 10.8 Å². The van der Waals surface area contributed by atoms with Crippen LogP contribution in [0.5, 0.6) is 0 Å². The van der Waals surface area contributed by atoms with Crippen LogP contribution in [0.15, 0.2) is 45.8 Å². The van der Waals surface area contributed by atoms with Gasteiger partial charge in [0.2, 0.25) is 0 Å². The molecule has 2 aromatic rings. The van der Waals surface area contributed by atoms with Crippen molar-refractivity contribution in [1.29, 1.82) is 0 Å². The number of carboxylic acids is 1. The maximum absolute atomic E-state index is 13.1. The largest absolute Gasteiger partial charge is 0.477 e. The van der Waals surface area contributed by atoms with E-state index >= 15 is 0 Å². The van der Waals surface area contributed by atoms with Crippen molar-refractivity contribution in [3.05, 3.63) is 41.4 Å². The Morgan fingerprint density at radius 2 is 2.11 bits per heavy atom. The number of nitrogens with two attached hydrogens (primary N) is 1. The fourth-order valence-electron chi connectivity index (χ4n) is 3.43. The number of nitrogens with zero attached hydrogens (tertiary/aromatic N) is 3. The molecule has 2 fully saturated rings. The normalized spacial score (nSPS) is 24.4. The molecule has 2 aliphatic heterocycles. The Morgan fingerprint density at radius 1 is 1.37 bits per heavy atom. The van der Waals surface area contributed by atoms with E-state index in [0.717, 1.165) is 28.0 Å². The lowest BCUT2D eigenvalue weighted by Crippen LogP contribution is -2.57. The van der Waals surface area contributed by atoms with Crippen LogP contribution in [-0.2, 0) is 33.6 Å². The fourth-order valence-corrected chi connectivity index (χ4v) is 5.08. The summed E-state index contributed by atoms with van der Waals surface area (Å²) in [4.78, 5) is 65.2. The minimum absolute atomic E-state index is 0.127. The van der Waals surface area contributed by atoms with Crippen LogP contribution in [0.3, 0.4) is 0 Å². The first-order chi connectivity index (χ1) is 16.7. The van der Waals surface area contributed by atoms with Crippen LogP contribution in [0.1, 0.15) is 12.1 Å². The van der Waals surface area contributed by atoms with Crippen molar-refractivity contribution in [2.45, 2.75) is 28.3 Å². The summed E-state index contributed by atoms with van der Waals surface area (Å²) < 4.78 is 5.20. The molecule has 2 saturated heterocycles. The average molecular weight is 522 g/mol. The number of aliphatic carboxylic acids is 1. The van der Waals surface area contributed by atoms with E-state index in [1.165, 1.54) is 12.5 Å². The quantitative estimate of drug-likeness (QED) is 0.245. The third kappa shape index (κ3) is 4.78. The number of thiazole rings is 1. The van der Waals surface area contributed by atoms with E-state index in [2.05, 4.69) is 20.3 Å². The molecule has 4 N–H and O–H groups in total. The summed E-state index contributed by atoms with van der Waals surface area (Å²) in [7, 11) is 1.23. The topological polar surface area (TPSA) is 183 Å². The van der Waals surface area contributed by atoms with Gasteiger partial charge in [0.1, 0.15) is 30.7 Å². The summed E-state index contributed by atoms with van der Waals surface area (Å²) in [5, 5.41) is 17.2. The SMILES string of the molecule is CO/N=C(\C(=O)N[C@H]1CON(C2(C(=O)O)CC(Sc3ccccc3)C(=O)O2)C1=O)c1csc(N)n1. The second-order valence-corrected chi connectivity index (χ2v) is 9.45. The molecule has 15 heteroatoms. The number of hydroxylamine groups is 2. The predicted molar refractivity (Wildman–Crippen MR) is 122 cm³/mol. The van der Waals surface area contributed by atoms with Gasteiger partial charge in [0.05, 0.1) is 0 Å². The summed E-state index contributed by atoms with van der Waals surface area (Å²) in [6, 6.07) is 7.59. The number of hydrogen-bond acceptors (Lipinski definition) is 12. The summed E-state index contributed by atoms with van der Waals surface area (Å²) in [6.07, 6.45) is -0.360. The minimum Gasteiger partial charge on any atom is -0.477 e. The van der Waals surface area contributed by atoms with Gasteiger partial charge in [-0.15, -0.1) is 23.1 Å². The first kappa shape index (κ1) is 24.4. The van der Waals surface area contributed by atoms with Gasteiger partial charge >= 0.3 is 17.7 Å². The molecule has 2 aliphatic rings. The van der Waals surface area contributed by atoms with E-state index in [1.807, 2.05) is 0 Å². The highest BCUT2D eigenvalue weighted by Gasteiger charge is 2.62. The molecular weight excluding hydrogens is 502 g/mol. The van der Waals surface area contributed by atoms with E-state index in [0.29, 0.717) is 5.06 Å². The minimum atomic E-state index is -2.38. The molecule has 1 aromatic heterocycles. The highest BCUT2D eigenvalue weighted by atomic mass is 32.2. The van der Waals surface area contributed by atoms with E-state index in [9.17, 15) is 24.3 Å². The maximum Gasteiger partial charge on any atom is 0.372 e. The Balaban J connectivity index is 1.50. The number of rotatable bonds is 8. The Morgan fingerprint density at radius 3 is 2.74 bits per heavy atom. The molecule has 0 aliphatic carbocycles. The predicted octanol–water partition coefficient (Wildman–Crippen LogP) is 0.223. The van der Waals surface area contributed by atoms with Gasteiger partial charge < -0.3 is 25.7 Å². The molecule has 13 nitrogen and oxygen atoms in total. The molecule has 35 heavy (non-hydrogen) atoms. The number of benzene rings is 1. The second-order valence-electron chi connectivity index (χ2n) is 7.28. The number of amides is 2. The molecular formula is C20H19N5O8S2. The molecule has 0 saturated carbocycles. The number of nitrogen functional groups attached to an aromatic ring is 1. The van der Waals surface area contributed by atoms with Crippen molar-refractivity contribution in [2.24, 2.45) is 5.16 Å². The van der Waals surface area contributed by atoms with Crippen LogP contribution in [0.4, 0.5) is 5.13 Å². The lowest BCUT2D eigenvalue weighted by Gasteiger charge is -2.30. The Labute approximate surface area is 206 Å². The summed E-state index contributed by atoms with van der Waals surface area (Å²) in [5.74, 6) is -4.12. The highest BCUT2D eigenvalue weighted by molar-refractivity contribution is 8.00. The Kier molecular flexibility index (Phi) is 6.90. The van der Waals surface area contributed by atoms with Crippen LogP contribution in [-0.4, -0.2) is 75.4 Å². The van der Waals surface area contributed by atoms with Crippen molar-refractivity contribution >= 4 is 57.7 Å². The standard InChI is InChI=1S/C20H19N5O8S2/c1-31-24-14(12-9-34-19(21)23-12)15(26)22-11-8-32-25(16(11)27)20(18(29)30)7-13(17(28)33-20)35-10-5-3-2-4-6-10/h2-6,9,11,13H,7-8H2,1H3,(H2,21,23)(H,22,26)(H,29,30)/b24-14-/t11-,13?,20?/m0/s1. The number of carbonyl (C=O) groups is 4. The van der Waals surface area contributed by atoms with Gasteiger partial charge in [-0.05, 0) is 12.1 Å². The zero-order chi connectivity index (χ0) is 25.2. The zero-order valence-corrected chi connectivity index (χ0v) is 19.7. The van der Waals surface area contributed by atoms with E-state index in [-0.39, 0.29) is 23.0 Å². The number of aromatic nitrogens is 1. The lowest BCUT2D eigenvalue weighted by molar-refractivity contribution is -0.256. The number of esters is 1. The van der Waals surface area contributed by atoms with Gasteiger partial charge in [-0.1, -0.05) is 23.4 Å². The summed E-state index contributed by atoms with van der Waals surface area (Å²) in [5.41, 5.74) is 3.10. The number of hydrogen-bond donors (Lipinski definition) is 3. The van der Waals surface area contributed by atoms with Gasteiger partial charge in [0, 0.05) is 16.7 Å². The molecule has 2 unspecified atom stereocenters. The van der Waals surface area contributed by atoms with Crippen LogP contribution in [0, 0.1) is 0 Å². The van der Waals surface area contributed by atoms with Crippen molar-refractivity contribution in [2.75, 3.05) is 19.5 Å². The number of cyclic esters (lactones) is 1. The molecule has 0 radical (unpaired) electrons. The van der Waals surface area contributed by atoms with Crippen molar-refractivity contribution in [3.8, 4) is 0 Å². The monoisotopic (exact) mass is 521 g/mol. The van der Waals surface area contributed by atoms with Crippen molar-refractivity contribution in [1.82, 2.24) is 15.4 Å². The average Bonchev–Trinajstić information content (AvgIpc) is 3.51. The number of carboxylic acid groups (broad SMARTS) is 1. The first-order valence-electron chi connectivity index (χ1n) is 10.0. The van der Waals surface area contributed by atoms with Gasteiger partial charge in [-0.25, -0.2) is 9.78 Å². The highest BCUT2D eigenvalue weighted by Crippen LogP contribution is 2.41.